The fourth-order valence-corrected chi connectivity index (χ4v) is 2.91. The van der Waals surface area contributed by atoms with Gasteiger partial charge in [0, 0.05) is 25.5 Å². The molecule has 0 fully saturated rings. The molecule has 2 aromatic rings. The number of hydrogen-bond donors (Lipinski definition) is 1. The molecule has 0 amide bonds. The summed E-state index contributed by atoms with van der Waals surface area (Å²) in [6, 6.07) is 4.26. The minimum absolute atomic E-state index is 0.845. The first-order valence-electron chi connectivity index (χ1n) is 6.72. The first-order chi connectivity index (χ1) is 9.17. The second-order valence-corrected chi connectivity index (χ2v) is 5.39. The van der Waals surface area contributed by atoms with Gasteiger partial charge in [-0.25, -0.2) is 0 Å². The maximum atomic E-state index is 4.54. The number of hydrogen-bond acceptors (Lipinski definition) is 2. The van der Waals surface area contributed by atoms with Crippen molar-refractivity contribution in [3.05, 3.63) is 39.9 Å². The number of nitrogens with zero attached hydrogens (tertiary/aromatic N) is 3. The molecule has 4 nitrogen and oxygen atoms in total. The summed E-state index contributed by atoms with van der Waals surface area (Å²) in [6.45, 7) is 6.99. The van der Waals surface area contributed by atoms with Gasteiger partial charge in [-0.15, -0.1) is 0 Å². The summed E-state index contributed by atoms with van der Waals surface area (Å²) in [5.41, 5.74) is 3.64. The lowest BCUT2D eigenvalue weighted by Gasteiger charge is -2.10. The fraction of sp³-hybridized carbons (Fsp3) is 0.500. The molecular weight excluding hydrogens is 304 g/mol. The number of rotatable bonds is 6. The molecule has 0 saturated carbocycles. The molecule has 0 atom stereocenters. The van der Waals surface area contributed by atoms with E-state index in [1.807, 2.05) is 11.7 Å². The van der Waals surface area contributed by atoms with Crippen LogP contribution in [-0.4, -0.2) is 20.9 Å². The van der Waals surface area contributed by atoms with E-state index in [4.69, 9.17) is 0 Å². The quantitative estimate of drug-likeness (QED) is 0.886. The van der Waals surface area contributed by atoms with E-state index >= 15 is 0 Å². The van der Waals surface area contributed by atoms with Crippen molar-refractivity contribution in [3.63, 3.8) is 0 Å². The zero-order valence-corrected chi connectivity index (χ0v) is 13.4. The minimum atomic E-state index is 0.845. The van der Waals surface area contributed by atoms with Crippen molar-refractivity contribution in [3.8, 4) is 0 Å². The Labute approximate surface area is 122 Å². The summed E-state index contributed by atoms with van der Waals surface area (Å²) in [4.78, 5) is 0. The van der Waals surface area contributed by atoms with Gasteiger partial charge in [-0.05, 0) is 41.0 Å². The second kappa shape index (κ2) is 6.39. The highest BCUT2D eigenvalue weighted by atomic mass is 79.9. The number of halogens is 1. The highest BCUT2D eigenvalue weighted by molar-refractivity contribution is 9.10. The minimum Gasteiger partial charge on any atom is -0.344 e. The molecule has 2 heterocycles. The van der Waals surface area contributed by atoms with Crippen LogP contribution in [0.4, 0.5) is 0 Å². The monoisotopic (exact) mass is 324 g/mol. The average Bonchev–Trinajstić information content (AvgIpc) is 2.95. The Bertz CT molecular complexity index is 542. The normalized spacial score (nSPS) is 11.2. The average molecular weight is 325 g/mol. The van der Waals surface area contributed by atoms with Crippen LogP contribution in [0.3, 0.4) is 0 Å². The van der Waals surface area contributed by atoms with Crippen molar-refractivity contribution in [1.29, 1.82) is 0 Å². The van der Waals surface area contributed by atoms with Crippen LogP contribution in [0, 0.1) is 0 Å². The first-order valence-corrected chi connectivity index (χ1v) is 7.51. The third-order valence-corrected chi connectivity index (χ3v) is 4.22. The summed E-state index contributed by atoms with van der Waals surface area (Å²) in [7, 11) is 2.01. The molecule has 0 aliphatic carbocycles. The third-order valence-electron chi connectivity index (χ3n) is 3.30. The molecule has 2 aromatic heterocycles. The van der Waals surface area contributed by atoms with Gasteiger partial charge < -0.3 is 9.88 Å². The van der Waals surface area contributed by atoms with Crippen LogP contribution in [0.15, 0.2) is 22.8 Å². The molecule has 0 aliphatic rings. The largest absolute Gasteiger partial charge is 0.344 e. The predicted octanol–water partition coefficient (Wildman–Crippen LogP) is 2.70. The van der Waals surface area contributed by atoms with Crippen LogP contribution >= 0.6 is 15.9 Å². The Kier molecular flexibility index (Phi) is 4.82. The van der Waals surface area contributed by atoms with E-state index in [0.717, 1.165) is 36.2 Å². The van der Waals surface area contributed by atoms with Gasteiger partial charge in [0.25, 0.3) is 0 Å². The molecule has 1 N–H and O–H groups in total. The molecule has 0 spiro atoms. The van der Waals surface area contributed by atoms with Crippen LogP contribution < -0.4 is 5.32 Å². The van der Waals surface area contributed by atoms with Crippen LogP contribution in [0.25, 0.3) is 0 Å². The maximum absolute atomic E-state index is 4.54. The molecule has 2 rings (SSSR count). The Hall–Kier alpha value is -1.07. The summed E-state index contributed by atoms with van der Waals surface area (Å²) in [5, 5.41) is 7.91. The highest BCUT2D eigenvalue weighted by Gasteiger charge is 2.13. The highest BCUT2D eigenvalue weighted by Crippen LogP contribution is 2.23. The van der Waals surface area contributed by atoms with Gasteiger partial charge in [0.05, 0.1) is 22.4 Å². The Balaban J connectivity index is 2.21. The lowest BCUT2D eigenvalue weighted by Crippen LogP contribution is -2.16. The zero-order valence-electron chi connectivity index (χ0n) is 11.8. The topological polar surface area (TPSA) is 34.8 Å². The maximum Gasteiger partial charge on any atom is 0.0767 e. The summed E-state index contributed by atoms with van der Waals surface area (Å²) < 4.78 is 5.38. The van der Waals surface area contributed by atoms with Gasteiger partial charge in [-0.3, -0.25) is 4.68 Å². The van der Waals surface area contributed by atoms with Crippen molar-refractivity contribution in [2.24, 2.45) is 7.05 Å². The SMILES string of the molecule is CCNCc1cccn1Cc1c(Br)c(CC)nn1C. The van der Waals surface area contributed by atoms with Crippen LogP contribution in [-0.2, 0) is 26.6 Å². The van der Waals surface area contributed by atoms with Gasteiger partial charge in [-0.2, -0.15) is 5.10 Å². The lowest BCUT2D eigenvalue weighted by molar-refractivity contribution is 0.620. The molecule has 0 unspecified atom stereocenters. The lowest BCUT2D eigenvalue weighted by atomic mass is 10.3. The number of nitrogens with one attached hydrogen (secondary N) is 1. The third kappa shape index (κ3) is 3.09. The van der Waals surface area contributed by atoms with Gasteiger partial charge in [0.2, 0.25) is 0 Å². The standard InChI is InChI=1S/C14H21BrN4/c1-4-12-14(15)13(18(3)17-12)10-19-8-6-7-11(19)9-16-5-2/h6-8,16H,4-5,9-10H2,1-3H3. The smallest absolute Gasteiger partial charge is 0.0767 e. The molecule has 0 radical (unpaired) electrons. The summed E-state index contributed by atoms with van der Waals surface area (Å²) >= 11 is 3.67. The second-order valence-electron chi connectivity index (χ2n) is 4.59. The Morgan fingerprint density at radius 3 is 2.79 bits per heavy atom. The van der Waals surface area contributed by atoms with Crippen LogP contribution in [0.2, 0.25) is 0 Å². The molecule has 19 heavy (non-hydrogen) atoms. The Morgan fingerprint density at radius 2 is 2.16 bits per heavy atom. The molecular formula is C14H21BrN4. The predicted molar refractivity (Wildman–Crippen MR) is 81.2 cm³/mol. The van der Waals surface area contributed by atoms with Gasteiger partial charge in [-0.1, -0.05) is 13.8 Å². The zero-order chi connectivity index (χ0) is 13.8. The molecule has 5 heteroatoms. The summed E-state index contributed by atoms with van der Waals surface area (Å²) in [5.74, 6) is 0. The van der Waals surface area contributed by atoms with E-state index in [9.17, 15) is 0 Å². The fourth-order valence-electron chi connectivity index (χ4n) is 2.17. The van der Waals surface area contributed by atoms with Gasteiger partial charge in [0.15, 0.2) is 0 Å². The van der Waals surface area contributed by atoms with Gasteiger partial charge >= 0.3 is 0 Å². The molecule has 0 saturated heterocycles. The van der Waals surface area contributed by atoms with Crippen molar-refractivity contribution in [2.75, 3.05) is 6.54 Å². The number of aryl methyl sites for hydroxylation is 2. The van der Waals surface area contributed by atoms with E-state index in [2.05, 4.69) is 63.1 Å². The van der Waals surface area contributed by atoms with E-state index in [1.54, 1.807) is 0 Å². The molecule has 104 valence electrons. The van der Waals surface area contributed by atoms with Crippen molar-refractivity contribution in [2.45, 2.75) is 33.4 Å². The first kappa shape index (κ1) is 14.3. The Morgan fingerprint density at radius 1 is 1.37 bits per heavy atom. The van der Waals surface area contributed by atoms with Crippen molar-refractivity contribution >= 4 is 15.9 Å². The number of aromatic nitrogens is 3. The van der Waals surface area contributed by atoms with E-state index in [-0.39, 0.29) is 0 Å². The van der Waals surface area contributed by atoms with E-state index in [0.29, 0.717) is 0 Å². The van der Waals surface area contributed by atoms with Crippen molar-refractivity contribution in [1.82, 2.24) is 19.7 Å². The van der Waals surface area contributed by atoms with Crippen molar-refractivity contribution < 1.29 is 0 Å². The van der Waals surface area contributed by atoms with Crippen LogP contribution in [0.5, 0.6) is 0 Å². The van der Waals surface area contributed by atoms with E-state index < -0.39 is 0 Å². The molecule has 0 aliphatic heterocycles. The summed E-state index contributed by atoms with van der Waals surface area (Å²) in [6.07, 6.45) is 3.07. The molecule has 0 bridgehead atoms. The van der Waals surface area contributed by atoms with Gasteiger partial charge in [0.1, 0.15) is 0 Å². The van der Waals surface area contributed by atoms with Crippen LogP contribution in [0.1, 0.15) is 30.9 Å². The molecule has 0 aromatic carbocycles. The van der Waals surface area contributed by atoms with E-state index in [1.165, 1.54) is 11.4 Å².